The normalized spacial score (nSPS) is 14.5. The van der Waals surface area contributed by atoms with Crippen LogP contribution in [0.5, 0.6) is 5.75 Å². The zero-order valence-electron chi connectivity index (χ0n) is 16.2. The topological polar surface area (TPSA) is 84.5 Å². The number of sulfonamides is 1. The Hall–Kier alpha value is -1.86. The third kappa shape index (κ3) is 6.99. The van der Waals surface area contributed by atoms with E-state index in [1.165, 1.54) is 24.5 Å². The summed E-state index contributed by atoms with van der Waals surface area (Å²) >= 11 is 0. The van der Waals surface area contributed by atoms with Crippen LogP contribution >= 0.6 is 0 Å². The van der Waals surface area contributed by atoms with Crippen molar-refractivity contribution in [1.82, 2.24) is 10.0 Å². The van der Waals surface area contributed by atoms with Gasteiger partial charge in [0.1, 0.15) is 5.75 Å². The minimum absolute atomic E-state index is 0.0833. The summed E-state index contributed by atoms with van der Waals surface area (Å²) in [4.78, 5) is 12.2. The van der Waals surface area contributed by atoms with Gasteiger partial charge in [-0.05, 0) is 69.2 Å². The Bertz CT molecular complexity index is 772. The highest BCUT2D eigenvalue weighted by molar-refractivity contribution is 7.89. The molecule has 27 heavy (non-hydrogen) atoms. The summed E-state index contributed by atoms with van der Waals surface area (Å²) in [5.41, 5.74) is 2.10. The first-order valence-electron chi connectivity index (χ1n) is 9.60. The molecule has 2 N–H and O–H groups in total. The first-order valence-corrected chi connectivity index (χ1v) is 11.1. The van der Waals surface area contributed by atoms with Crippen LogP contribution in [-0.4, -0.2) is 34.0 Å². The van der Waals surface area contributed by atoms with Crippen LogP contribution < -0.4 is 14.8 Å². The van der Waals surface area contributed by atoms with E-state index in [1.807, 2.05) is 6.92 Å². The second-order valence-electron chi connectivity index (χ2n) is 6.82. The van der Waals surface area contributed by atoms with Gasteiger partial charge in [-0.15, -0.1) is 0 Å². The number of nitrogens with one attached hydrogen (secondary N) is 2. The number of carbonyl (C=O) groups excluding carboxylic acids is 1. The summed E-state index contributed by atoms with van der Waals surface area (Å²) < 4.78 is 32.4. The van der Waals surface area contributed by atoms with Gasteiger partial charge < -0.3 is 10.1 Å². The molecule has 1 aliphatic carbocycles. The van der Waals surface area contributed by atoms with E-state index in [9.17, 15) is 13.2 Å². The van der Waals surface area contributed by atoms with Gasteiger partial charge in [0, 0.05) is 13.1 Å². The van der Waals surface area contributed by atoms with Gasteiger partial charge in [0.15, 0.2) is 6.61 Å². The Kier molecular flexibility index (Phi) is 8.31. The van der Waals surface area contributed by atoms with Crippen LogP contribution in [0.25, 0.3) is 0 Å². The number of rotatable bonds is 10. The van der Waals surface area contributed by atoms with E-state index in [0.717, 1.165) is 25.7 Å². The molecule has 0 aromatic heterocycles. The van der Waals surface area contributed by atoms with Gasteiger partial charge in [-0.3, -0.25) is 4.79 Å². The van der Waals surface area contributed by atoms with Crippen molar-refractivity contribution in [2.75, 3.05) is 19.7 Å². The minimum Gasteiger partial charge on any atom is -0.484 e. The number of benzene rings is 1. The minimum atomic E-state index is -3.51. The van der Waals surface area contributed by atoms with Gasteiger partial charge in [0.05, 0.1) is 4.90 Å². The highest BCUT2D eigenvalue weighted by atomic mass is 32.2. The molecule has 0 aliphatic heterocycles. The molecule has 0 fully saturated rings. The predicted octanol–water partition coefficient (Wildman–Crippen LogP) is 3.07. The van der Waals surface area contributed by atoms with Crippen molar-refractivity contribution in [3.8, 4) is 5.75 Å². The highest BCUT2D eigenvalue weighted by Crippen LogP contribution is 2.22. The highest BCUT2D eigenvalue weighted by Gasteiger charge is 2.15. The van der Waals surface area contributed by atoms with Crippen LogP contribution in [0.2, 0.25) is 0 Å². The third-order valence-electron chi connectivity index (χ3n) is 4.51. The zero-order valence-corrected chi connectivity index (χ0v) is 17.0. The van der Waals surface area contributed by atoms with Crippen molar-refractivity contribution in [3.05, 3.63) is 35.4 Å². The lowest BCUT2D eigenvalue weighted by Gasteiger charge is -2.14. The van der Waals surface area contributed by atoms with E-state index in [0.29, 0.717) is 24.4 Å². The molecule has 1 aliphatic rings. The maximum absolute atomic E-state index is 12.1. The molecular formula is C20H30N2O4S. The molecule has 150 valence electrons. The van der Waals surface area contributed by atoms with Gasteiger partial charge >= 0.3 is 0 Å². The number of carbonyl (C=O) groups is 1. The molecule has 0 unspecified atom stereocenters. The van der Waals surface area contributed by atoms with Crippen LogP contribution in [0.3, 0.4) is 0 Å². The third-order valence-corrected chi connectivity index (χ3v) is 5.97. The fraction of sp³-hybridized carbons (Fsp3) is 0.550. The lowest BCUT2D eigenvalue weighted by molar-refractivity contribution is -0.123. The average molecular weight is 395 g/mol. The van der Waals surface area contributed by atoms with E-state index in [2.05, 4.69) is 16.1 Å². The first kappa shape index (κ1) is 21.4. The number of ether oxygens (including phenoxy) is 1. The quantitative estimate of drug-likeness (QED) is 0.597. The standard InChI is InChI=1S/C20H30N2O4S/c1-3-12-22-27(24,25)18-9-10-19(16(2)14-18)26-15-20(23)21-13-11-17-7-5-4-6-8-17/h7,9-10,14,22H,3-6,8,11-13,15H2,1-2H3,(H,21,23). The largest absolute Gasteiger partial charge is 0.484 e. The van der Waals surface area contributed by atoms with Crippen LogP contribution in [0, 0.1) is 6.92 Å². The predicted molar refractivity (Wildman–Crippen MR) is 106 cm³/mol. The molecule has 0 saturated carbocycles. The fourth-order valence-electron chi connectivity index (χ4n) is 2.96. The van der Waals surface area contributed by atoms with Gasteiger partial charge in [0.2, 0.25) is 10.0 Å². The van der Waals surface area contributed by atoms with Crippen LogP contribution in [0.1, 0.15) is 51.0 Å². The second-order valence-corrected chi connectivity index (χ2v) is 8.59. The summed E-state index contributed by atoms with van der Waals surface area (Å²) in [6, 6.07) is 4.64. The molecule has 0 bridgehead atoms. The summed E-state index contributed by atoms with van der Waals surface area (Å²) in [5, 5.41) is 2.87. The first-order chi connectivity index (χ1) is 12.9. The van der Waals surface area contributed by atoms with Crippen molar-refractivity contribution in [3.63, 3.8) is 0 Å². The molecular weight excluding hydrogens is 364 g/mol. The summed E-state index contributed by atoms with van der Waals surface area (Å²) in [6.07, 6.45) is 8.67. The number of amides is 1. The molecule has 0 spiro atoms. The van der Waals surface area contributed by atoms with E-state index in [1.54, 1.807) is 19.1 Å². The zero-order chi connectivity index (χ0) is 19.7. The van der Waals surface area contributed by atoms with Crippen molar-refractivity contribution in [2.45, 2.75) is 57.3 Å². The summed E-state index contributed by atoms with van der Waals surface area (Å²) in [6.45, 7) is 4.60. The molecule has 0 radical (unpaired) electrons. The Morgan fingerprint density at radius 1 is 1.22 bits per heavy atom. The SMILES string of the molecule is CCCNS(=O)(=O)c1ccc(OCC(=O)NCCC2=CCCCC2)c(C)c1. The van der Waals surface area contributed by atoms with Crippen molar-refractivity contribution in [1.29, 1.82) is 0 Å². The molecule has 0 heterocycles. The molecule has 1 aromatic carbocycles. The second kappa shape index (κ2) is 10.5. The van der Waals surface area contributed by atoms with E-state index < -0.39 is 10.0 Å². The van der Waals surface area contributed by atoms with Crippen LogP contribution in [-0.2, 0) is 14.8 Å². The molecule has 2 rings (SSSR count). The molecule has 0 saturated heterocycles. The smallest absolute Gasteiger partial charge is 0.257 e. The Balaban J connectivity index is 1.81. The van der Waals surface area contributed by atoms with E-state index >= 15 is 0 Å². The molecule has 1 aromatic rings. The lowest BCUT2D eigenvalue weighted by atomic mass is 9.97. The van der Waals surface area contributed by atoms with Crippen molar-refractivity contribution >= 4 is 15.9 Å². The molecule has 0 atom stereocenters. The van der Waals surface area contributed by atoms with Crippen LogP contribution in [0.15, 0.2) is 34.7 Å². The van der Waals surface area contributed by atoms with Gasteiger partial charge in [-0.25, -0.2) is 13.1 Å². The maximum atomic E-state index is 12.1. The Morgan fingerprint density at radius 3 is 2.70 bits per heavy atom. The Morgan fingerprint density at radius 2 is 2.04 bits per heavy atom. The van der Waals surface area contributed by atoms with E-state index in [4.69, 9.17) is 4.74 Å². The summed E-state index contributed by atoms with van der Waals surface area (Å²) in [7, 11) is -3.51. The lowest BCUT2D eigenvalue weighted by Crippen LogP contribution is -2.30. The molecule has 1 amide bonds. The fourth-order valence-corrected chi connectivity index (χ4v) is 4.18. The summed E-state index contributed by atoms with van der Waals surface area (Å²) in [5.74, 6) is 0.335. The molecule has 6 nitrogen and oxygen atoms in total. The van der Waals surface area contributed by atoms with E-state index in [-0.39, 0.29) is 17.4 Å². The van der Waals surface area contributed by atoms with Gasteiger partial charge in [-0.2, -0.15) is 0 Å². The van der Waals surface area contributed by atoms with Gasteiger partial charge in [0.25, 0.3) is 5.91 Å². The molecule has 7 heteroatoms. The number of allylic oxidation sites excluding steroid dienone is 1. The van der Waals surface area contributed by atoms with Crippen molar-refractivity contribution < 1.29 is 17.9 Å². The Labute approximate surface area is 162 Å². The van der Waals surface area contributed by atoms with Crippen LogP contribution in [0.4, 0.5) is 0 Å². The number of hydrogen-bond acceptors (Lipinski definition) is 4. The number of hydrogen-bond donors (Lipinski definition) is 2. The van der Waals surface area contributed by atoms with Crippen molar-refractivity contribution in [2.24, 2.45) is 0 Å². The average Bonchev–Trinajstić information content (AvgIpc) is 2.66. The maximum Gasteiger partial charge on any atom is 0.257 e. The number of aryl methyl sites for hydroxylation is 1. The van der Waals surface area contributed by atoms with Gasteiger partial charge in [-0.1, -0.05) is 18.6 Å². The monoisotopic (exact) mass is 394 g/mol.